The van der Waals surface area contributed by atoms with E-state index >= 15 is 0 Å². The molecule has 0 saturated carbocycles. The van der Waals surface area contributed by atoms with Crippen molar-refractivity contribution in [2.24, 2.45) is 0 Å². The van der Waals surface area contributed by atoms with Crippen LogP contribution in [0.25, 0.3) is 27.6 Å². The Bertz CT molecular complexity index is 1790. The predicted octanol–water partition coefficient (Wildman–Crippen LogP) is 7.40. The van der Waals surface area contributed by atoms with Gasteiger partial charge in [0.2, 0.25) is 0 Å². The number of carbonyl (C=O) groups is 2. The van der Waals surface area contributed by atoms with Crippen LogP contribution >= 0.6 is 0 Å². The molecule has 0 fully saturated rings. The van der Waals surface area contributed by atoms with Gasteiger partial charge in [-0.05, 0) is 56.4 Å². The molecule has 1 aliphatic rings. The molecule has 1 N–H and O–H groups in total. The molecule has 0 aromatic heterocycles. The molecule has 0 aliphatic carbocycles. The lowest BCUT2D eigenvalue weighted by Crippen LogP contribution is -2.46. The average molecular weight is 525 g/mol. The van der Waals surface area contributed by atoms with Gasteiger partial charge < -0.3 is 10.1 Å². The summed E-state index contributed by atoms with van der Waals surface area (Å²) in [7, 11) is 1.66. The summed E-state index contributed by atoms with van der Waals surface area (Å²) in [5.74, 6) is -0.480. The summed E-state index contributed by atoms with van der Waals surface area (Å²) in [5, 5.41) is 7.40. The predicted molar refractivity (Wildman–Crippen MR) is 159 cm³/mol. The number of hydrogen-bond acceptors (Lipinski definition) is 3. The summed E-state index contributed by atoms with van der Waals surface area (Å²) >= 11 is 0. The molecule has 5 aromatic rings. The second kappa shape index (κ2) is 10.9. The van der Waals surface area contributed by atoms with Crippen molar-refractivity contribution < 1.29 is 14.3 Å². The molecule has 0 saturated heterocycles. The first-order chi connectivity index (χ1) is 19.6. The molecule has 1 atom stereocenters. The minimum Gasteiger partial charge on any atom is -0.457 e. The van der Waals surface area contributed by atoms with E-state index in [1.54, 1.807) is 7.05 Å². The summed E-state index contributed by atoms with van der Waals surface area (Å²) < 4.78 is 5.82. The first kappa shape index (κ1) is 25.1. The van der Waals surface area contributed by atoms with Gasteiger partial charge in [0.1, 0.15) is 6.61 Å². The summed E-state index contributed by atoms with van der Waals surface area (Å²) in [6.45, 7) is 0.132. The van der Waals surface area contributed by atoms with Crippen LogP contribution in [0.1, 0.15) is 22.7 Å². The molecular weight excluding hydrogens is 496 g/mol. The highest BCUT2D eigenvalue weighted by molar-refractivity contribution is 5.97. The van der Waals surface area contributed by atoms with Crippen LogP contribution in [-0.2, 0) is 16.1 Å². The number of urea groups is 1. The fourth-order valence-electron chi connectivity index (χ4n) is 5.08. The molecule has 1 aliphatic heterocycles. The molecular formula is C35H28N2O3. The number of benzene rings is 5. The van der Waals surface area contributed by atoms with Crippen molar-refractivity contribution in [1.82, 2.24) is 10.2 Å². The van der Waals surface area contributed by atoms with Crippen molar-refractivity contribution in [3.8, 4) is 0 Å². The molecule has 6 rings (SSSR count). The average Bonchev–Trinajstić information content (AvgIpc) is 3.00. The smallest absolute Gasteiger partial charge is 0.338 e. The number of esters is 1. The summed E-state index contributed by atoms with van der Waals surface area (Å²) in [4.78, 5) is 28.4. The second-order valence-corrected chi connectivity index (χ2v) is 9.85. The fraction of sp³-hybridized carbons (Fsp3) is 0.0857. The van der Waals surface area contributed by atoms with Crippen molar-refractivity contribution in [3.63, 3.8) is 0 Å². The zero-order valence-corrected chi connectivity index (χ0v) is 22.1. The standard InChI is InChI=1S/C35H28N2O3/c1-37-31(20-16-24-15-17-26-11-5-7-13-28(26)21-24)32(34(38)40-23-25-9-3-2-4-10-25)33(36-35(37)39)30-19-18-27-12-6-8-14-29(27)22-30/h2-22,33H,23H2,1H3,(H,36,39)/b20-16+. The zero-order chi connectivity index (χ0) is 27.5. The third-order valence-corrected chi connectivity index (χ3v) is 7.25. The lowest BCUT2D eigenvalue weighted by molar-refractivity contribution is -0.140. The van der Waals surface area contributed by atoms with Gasteiger partial charge in [-0.2, -0.15) is 0 Å². The summed E-state index contributed by atoms with van der Waals surface area (Å²) in [5.41, 5.74) is 3.53. The number of carbonyl (C=O) groups excluding carboxylic acids is 2. The maximum Gasteiger partial charge on any atom is 0.338 e. The third kappa shape index (κ3) is 5.09. The monoisotopic (exact) mass is 524 g/mol. The van der Waals surface area contributed by atoms with Crippen molar-refractivity contribution in [2.45, 2.75) is 12.6 Å². The molecule has 0 spiro atoms. The van der Waals surface area contributed by atoms with E-state index in [1.165, 1.54) is 4.90 Å². The Labute approximate surface area is 233 Å². The minimum atomic E-state index is -0.673. The Morgan fingerprint density at radius 1 is 0.775 bits per heavy atom. The quantitative estimate of drug-likeness (QED) is 0.236. The van der Waals surface area contributed by atoms with Gasteiger partial charge in [0.05, 0.1) is 17.3 Å². The molecule has 5 aromatic carbocycles. The van der Waals surface area contributed by atoms with E-state index in [2.05, 4.69) is 29.6 Å². The topological polar surface area (TPSA) is 58.6 Å². The highest BCUT2D eigenvalue weighted by Gasteiger charge is 2.36. The van der Waals surface area contributed by atoms with Crippen LogP contribution < -0.4 is 5.32 Å². The van der Waals surface area contributed by atoms with Crippen LogP contribution in [0.3, 0.4) is 0 Å². The van der Waals surface area contributed by atoms with Crippen LogP contribution in [0.15, 0.2) is 133 Å². The van der Waals surface area contributed by atoms with Gasteiger partial charge in [0.25, 0.3) is 0 Å². The molecule has 2 amide bonds. The number of amides is 2. The number of likely N-dealkylation sites (N-methyl/N-ethyl adjacent to an activating group) is 1. The van der Waals surface area contributed by atoms with Gasteiger partial charge in [0, 0.05) is 7.05 Å². The number of fused-ring (bicyclic) bond motifs is 2. The molecule has 40 heavy (non-hydrogen) atoms. The van der Waals surface area contributed by atoms with Crippen LogP contribution in [0.4, 0.5) is 4.79 Å². The summed E-state index contributed by atoms with van der Waals surface area (Å²) in [6, 6.07) is 36.9. The van der Waals surface area contributed by atoms with Crippen LogP contribution in [0.2, 0.25) is 0 Å². The second-order valence-electron chi connectivity index (χ2n) is 9.85. The lowest BCUT2D eigenvalue weighted by Gasteiger charge is -2.33. The Hall–Kier alpha value is -5.16. The van der Waals surface area contributed by atoms with E-state index in [-0.39, 0.29) is 12.6 Å². The Morgan fingerprint density at radius 3 is 2.12 bits per heavy atom. The van der Waals surface area contributed by atoms with E-state index in [0.29, 0.717) is 11.3 Å². The van der Waals surface area contributed by atoms with Crippen molar-refractivity contribution in [1.29, 1.82) is 0 Å². The molecule has 5 heteroatoms. The molecule has 196 valence electrons. The van der Waals surface area contributed by atoms with Gasteiger partial charge in [-0.1, -0.05) is 109 Å². The number of allylic oxidation sites excluding steroid dienone is 1. The van der Waals surface area contributed by atoms with Gasteiger partial charge in [-0.3, -0.25) is 4.90 Å². The van der Waals surface area contributed by atoms with Crippen LogP contribution in [0.5, 0.6) is 0 Å². The minimum absolute atomic E-state index is 0.132. The van der Waals surface area contributed by atoms with Gasteiger partial charge in [-0.25, -0.2) is 9.59 Å². The van der Waals surface area contributed by atoms with Crippen molar-refractivity contribution in [2.75, 3.05) is 7.05 Å². The Balaban J connectivity index is 1.43. The number of nitrogens with one attached hydrogen (secondary N) is 1. The van der Waals surface area contributed by atoms with Crippen LogP contribution in [0, 0.1) is 0 Å². The first-order valence-electron chi connectivity index (χ1n) is 13.2. The van der Waals surface area contributed by atoms with E-state index in [1.807, 2.05) is 103 Å². The molecule has 0 radical (unpaired) electrons. The summed E-state index contributed by atoms with van der Waals surface area (Å²) in [6.07, 6.45) is 3.76. The zero-order valence-electron chi connectivity index (χ0n) is 22.1. The van der Waals surface area contributed by atoms with E-state index in [9.17, 15) is 9.59 Å². The van der Waals surface area contributed by atoms with E-state index in [0.717, 1.165) is 38.2 Å². The normalized spacial score (nSPS) is 15.6. The van der Waals surface area contributed by atoms with Gasteiger partial charge in [0.15, 0.2) is 0 Å². The van der Waals surface area contributed by atoms with Crippen molar-refractivity contribution >= 4 is 39.6 Å². The molecule has 1 heterocycles. The molecule has 5 nitrogen and oxygen atoms in total. The fourth-order valence-corrected chi connectivity index (χ4v) is 5.08. The van der Waals surface area contributed by atoms with Crippen molar-refractivity contribution in [3.05, 3.63) is 149 Å². The number of rotatable bonds is 6. The van der Waals surface area contributed by atoms with Gasteiger partial charge in [-0.15, -0.1) is 0 Å². The number of hydrogen-bond donors (Lipinski definition) is 1. The SMILES string of the molecule is CN1C(=O)NC(c2ccc3ccccc3c2)C(C(=O)OCc2ccccc2)=C1/C=C/c1ccc2ccccc2c1. The first-order valence-corrected chi connectivity index (χ1v) is 13.2. The van der Waals surface area contributed by atoms with E-state index < -0.39 is 12.0 Å². The molecule has 1 unspecified atom stereocenters. The Kier molecular flexibility index (Phi) is 6.86. The molecule has 0 bridgehead atoms. The van der Waals surface area contributed by atoms with E-state index in [4.69, 9.17) is 4.74 Å². The maximum atomic E-state index is 13.8. The third-order valence-electron chi connectivity index (χ3n) is 7.25. The highest BCUT2D eigenvalue weighted by Crippen LogP contribution is 2.33. The number of nitrogens with zero attached hydrogens (tertiary/aromatic N) is 1. The number of ether oxygens (including phenoxy) is 1. The Morgan fingerprint density at radius 2 is 1.40 bits per heavy atom. The lowest BCUT2D eigenvalue weighted by atomic mass is 9.92. The highest BCUT2D eigenvalue weighted by atomic mass is 16.5. The largest absolute Gasteiger partial charge is 0.457 e. The van der Waals surface area contributed by atoms with Crippen LogP contribution in [-0.4, -0.2) is 23.9 Å². The maximum absolute atomic E-state index is 13.8. The van der Waals surface area contributed by atoms with Gasteiger partial charge >= 0.3 is 12.0 Å².